The van der Waals surface area contributed by atoms with Gasteiger partial charge in [-0.2, -0.15) is 0 Å². The number of rotatable bonds is 7. The van der Waals surface area contributed by atoms with Gasteiger partial charge in [0.2, 0.25) is 0 Å². The van der Waals surface area contributed by atoms with Gasteiger partial charge in [-0.3, -0.25) is 9.52 Å². The molecule has 0 amide bonds. The number of nitrogens with one attached hydrogen (secondary N) is 1. The first-order valence-corrected chi connectivity index (χ1v) is 12.2. The highest BCUT2D eigenvalue weighted by molar-refractivity contribution is 9.10. The molecule has 0 unspecified atom stereocenters. The number of para-hydroxylation sites is 1. The Kier molecular flexibility index (Phi) is 7.26. The van der Waals surface area contributed by atoms with Crippen LogP contribution in [0.2, 0.25) is 0 Å². The van der Waals surface area contributed by atoms with Crippen molar-refractivity contribution in [2.45, 2.75) is 37.7 Å². The monoisotopic (exact) mass is 517 g/mol. The zero-order chi connectivity index (χ0) is 23.4. The second kappa shape index (κ2) is 9.75. The summed E-state index contributed by atoms with van der Waals surface area (Å²) < 4.78 is 40.6. The van der Waals surface area contributed by atoms with E-state index >= 15 is 0 Å². The van der Waals surface area contributed by atoms with Gasteiger partial charge in [-0.1, -0.05) is 40.2 Å². The predicted molar refractivity (Wildman–Crippen MR) is 127 cm³/mol. The third kappa shape index (κ3) is 6.83. The maximum atomic E-state index is 13.0. The first-order chi connectivity index (χ1) is 15.0. The average molecular weight is 518 g/mol. The minimum atomic E-state index is -3.89. The lowest BCUT2D eigenvalue weighted by Gasteiger charge is -2.20. The number of hydrogen-bond acceptors (Lipinski definition) is 5. The minimum Gasteiger partial charge on any atom is -0.460 e. The van der Waals surface area contributed by atoms with E-state index in [1.165, 1.54) is 12.1 Å². The lowest BCUT2D eigenvalue weighted by atomic mass is 10.1. The molecule has 0 saturated heterocycles. The number of ether oxygens (including phenoxy) is 2. The smallest absolute Gasteiger partial charge is 0.310 e. The van der Waals surface area contributed by atoms with E-state index < -0.39 is 21.6 Å². The first-order valence-electron chi connectivity index (χ1n) is 9.88. The van der Waals surface area contributed by atoms with E-state index in [2.05, 4.69) is 20.7 Å². The number of hydrogen-bond donors (Lipinski definition) is 1. The number of halogens is 1. The number of benzene rings is 3. The van der Waals surface area contributed by atoms with E-state index in [0.717, 1.165) is 4.47 Å². The first kappa shape index (κ1) is 23.8. The van der Waals surface area contributed by atoms with Gasteiger partial charge >= 0.3 is 5.97 Å². The maximum absolute atomic E-state index is 13.0. The fraction of sp³-hybridized carbons (Fsp3) is 0.208. The van der Waals surface area contributed by atoms with Crippen molar-refractivity contribution in [3.8, 4) is 11.5 Å². The van der Waals surface area contributed by atoms with Crippen LogP contribution in [0.4, 0.5) is 5.69 Å². The molecule has 0 aliphatic carbocycles. The Morgan fingerprint density at radius 2 is 1.62 bits per heavy atom. The Morgan fingerprint density at radius 1 is 0.969 bits per heavy atom. The number of carbonyl (C=O) groups is 1. The van der Waals surface area contributed by atoms with Crippen LogP contribution in [0.25, 0.3) is 0 Å². The van der Waals surface area contributed by atoms with E-state index in [1.807, 2.05) is 18.2 Å². The van der Waals surface area contributed by atoms with Crippen LogP contribution in [0, 0.1) is 0 Å². The third-order valence-electron chi connectivity index (χ3n) is 4.15. The zero-order valence-corrected chi connectivity index (χ0v) is 20.4. The molecular formula is C24H24BrNO5S. The van der Waals surface area contributed by atoms with Crippen LogP contribution >= 0.6 is 15.9 Å². The van der Waals surface area contributed by atoms with E-state index in [-0.39, 0.29) is 17.0 Å². The molecule has 8 heteroatoms. The Labute approximate surface area is 196 Å². The topological polar surface area (TPSA) is 81.7 Å². The molecule has 3 rings (SSSR count). The predicted octanol–water partition coefficient (Wildman–Crippen LogP) is 5.93. The minimum absolute atomic E-state index is 0.00407. The summed E-state index contributed by atoms with van der Waals surface area (Å²) in [7, 11) is -3.89. The molecule has 0 fully saturated rings. The Bertz CT molecular complexity index is 1190. The van der Waals surface area contributed by atoms with Crippen molar-refractivity contribution in [3.63, 3.8) is 0 Å². The Hall–Kier alpha value is -2.84. The fourth-order valence-corrected chi connectivity index (χ4v) is 4.16. The van der Waals surface area contributed by atoms with Gasteiger partial charge in [0.1, 0.15) is 11.4 Å². The summed E-state index contributed by atoms with van der Waals surface area (Å²) in [6.45, 7) is 5.37. The molecule has 0 aliphatic rings. The van der Waals surface area contributed by atoms with Gasteiger partial charge < -0.3 is 9.47 Å². The van der Waals surface area contributed by atoms with Crippen molar-refractivity contribution in [1.82, 2.24) is 0 Å². The molecule has 0 bridgehead atoms. The summed E-state index contributed by atoms with van der Waals surface area (Å²) in [6.07, 6.45) is -0.00407. The maximum Gasteiger partial charge on any atom is 0.310 e. The van der Waals surface area contributed by atoms with Crippen molar-refractivity contribution in [1.29, 1.82) is 0 Å². The zero-order valence-electron chi connectivity index (χ0n) is 18.0. The van der Waals surface area contributed by atoms with Crippen LogP contribution in [0.3, 0.4) is 0 Å². The summed E-state index contributed by atoms with van der Waals surface area (Å²) in [4.78, 5) is 12.4. The summed E-state index contributed by atoms with van der Waals surface area (Å²) in [5.74, 6) is 0.456. The second-order valence-electron chi connectivity index (χ2n) is 8.07. The van der Waals surface area contributed by atoms with Gasteiger partial charge in [-0.05, 0) is 74.9 Å². The molecule has 0 radical (unpaired) electrons. The molecule has 0 saturated carbocycles. The Balaban J connectivity index is 1.93. The summed E-state index contributed by atoms with van der Waals surface area (Å²) in [5, 5.41) is 0. The van der Waals surface area contributed by atoms with E-state index in [0.29, 0.717) is 17.1 Å². The lowest BCUT2D eigenvalue weighted by molar-refractivity contribution is -0.153. The quantitative estimate of drug-likeness (QED) is 0.393. The largest absolute Gasteiger partial charge is 0.460 e. The summed E-state index contributed by atoms with van der Waals surface area (Å²) in [5.41, 5.74) is 0.199. The highest BCUT2D eigenvalue weighted by Gasteiger charge is 2.20. The Morgan fingerprint density at radius 3 is 2.25 bits per heavy atom. The van der Waals surface area contributed by atoms with Gasteiger partial charge in [-0.25, -0.2) is 8.42 Å². The molecule has 3 aromatic rings. The highest BCUT2D eigenvalue weighted by atomic mass is 79.9. The van der Waals surface area contributed by atoms with Crippen molar-refractivity contribution >= 4 is 37.6 Å². The highest BCUT2D eigenvalue weighted by Crippen LogP contribution is 2.32. The molecular weight excluding hydrogens is 494 g/mol. The SMILES string of the molecule is CC(C)(C)OC(=O)Cc1ccc(Oc2ccccc2)c(NS(=O)(=O)c2ccc(Br)cc2)c1. The lowest BCUT2D eigenvalue weighted by Crippen LogP contribution is -2.25. The van der Waals surface area contributed by atoms with Crippen LogP contribution in [0.1, 0.15) is 26.3 Å². The normalized spacial score (nSPS) is 11.6. The van der Waals surface area contributed by atoms with E-state index in [4.69, 9.17) is 9.47 Å². The molecule has 0 heterocycles. The number of anilines is 1. The molecule has 3 aromatic carbocycles. The van der Waals surface area contributed by atoms with Crippen LogP contribution in [0.5, 0.6) is 11.5 Å². The molecule has 32 heavy (non-hydrogen) atoms. The van der Waals surface area contributed by atoms with Crippen LogP contribution in [-0.2, 0) is 26.0 Å². The molecule has 0 aliphatic heterocycles. The van der Waals surface area contributed by atoms with Crippen molar-refractivity contribution in [3.05, 3.63) is 82.8 Å². The van der Waals surface area contributed by atoms with Crippen molar-refractivity contribution in [2.24, 2.45) is 0 Å². The molecule has 0 aromatic heterocycles. The molecule has 6 nitrogen and oxygen atoms in total. The molecule has 0 spiro atoms. The number of esters is 1. The summed E-state index contributed by atoms with van der Waals surface area (Å²) >= 11 is 3.30. The number of carbonyl (C=O) groups excluding carboxylic acids is 1. The van der Waals surface area contributed by atoms with Gasteiger partial charge in [-0.15, -0.1) is 0 Å². The van der Waals surface area contributed by atoms with Crippen LogP contribution in [0.15, 0.2) is 82.2 Å². The van der Waals surface area contributed by atoms with Gasteiger partial charge in [0, 0.05) is 4.47 Å². The summed E-state index contributed by atoms with van der Waals surface area (Å²) in [6, 6.07) is 20.2. The van der Waals surface area contributed by atoms with Crippen LogP contribution < -0.4 is 9.46 Å². The van der Waals surface area contributed by atoms with Gasteiger partial charge in [0.15, 0.2) is 5.75 Å². The standard InChI is InChI=1S/C24H24BrNO5S/c1-24(2,3)31-23(27)16-17-9-14-22(30-19-7-5-4-6-8-19)21(15-17)26-32(28,29)20-12-10-18(25)11-13-20/h4-15,26H,16H2,1-3H3. The molecule has 0 atom stereocenters. The third-order valence-corrected chi connectivity index (χ3v) is 6.06. The van der Waals surface area contributed by atoms with Crippen LogP contribution in [-0.4, -0.2) is 20.0 Å². The van der Waals surface area contributed by atoms with Crippen molar-refractivity contribution in [2.75, 3.05) is 4.72 Å². The fourth-order valence-electron chi connectivity index (χ4n) is 2.83. The van der Waals surface area contributed by atoms with E-state index in [1.54, 1.807) is 63.2 Å². The average Bonchev–Trinajstić information content (AvgIpc) is 2.69. The van der Waals surface area contributed by atoms with Crippen molar-refractivity contribution < 1.29 is 22.7 Å². The number of sulfonamides is 1. The van der Waals surface area contributed by atoms with Gasteiger partial charge in [0.25, 0.3) is 10.0 Å². The molecule has 1 N–H and O–H groups in total. The second-order valence-corrected chi connectivity index (χ2v) is 10.7. The van der Waals surface area contributed by atoms with E-state index in [9.17, 15) is 13.2 Å². The molecule has 168 valence electrons. The van der Waals surface area contributed by atoms with Gasteiger partial charge in [0.05, 0.1) is 17.0 Å².